The monoisotopic (exact) mass is 508 g/mol. The summed E-state index contributed by atoms with van der Waals surface area (Å²) < 4.78 is 49.8. The van der Waals surface area contributed by atoms with E-state index in [2.05, 4.69) is 25.6 Å². The van der Waals surface area contributed by atoms with Gasteiger partial charge in [0.25, 0.3) is 0 Å². The Labute approximate surface area is 207 Å². The summed E-state index contributed by atoms with van der Waals surface area (Å²) in [6.07, 6.45) is -2.66. The Morgan fingerprint density at radius 2 is 1.89 bits per heavy atom. The van der Waals surface area contributed by atoms with E-state index in [0.29, 0.717) is 41.7 Å². The summed E-state index contributed by atoms with van der Waals surface area (Å²) in [5, 5.41) is 6.21. The van der Waals surface area contributed by atoms with Crippen molar-refractivity contribution in [3.63, 3.8) is 0 Å². The highest BCUT2D eigenvalue weighted by molar-refractivity contribution is 6.03. The second-order valence-electron chi connectivity index (χ2n) is 10.2. The van der Waals surface area contributed by atoms with Crippen LogP contribution < -0.4 is 20.3 Å². The highest BCUT2D eigenvalue weighted by Crippen LogP contribution is 2.36. The van der Waals surface area contributed by atoms with E-state index >= 15 is 0 Å². The van der Waals surface area contributed by atoms with Crippen LogP contribution in [0.2, 0.25) is 0 Å². The predicted molar refractivity (Wildman–Crippen MR) is 128 cm³/mol. The van der Waals surface area contributed by atoms with Crippen LogP contribution >= 0.6 is 0 Å². The topological polar surface area (TPSA) is 102 Å². The number of anilines is 3. The van der Waals surface area contributed by atoms with Crippen LogP contribution in [0.25, 0.3) is 0 Å². The largest absolute Gasteiger partial charge is 0.489 e. The summed E-state index contributed by atoms with van der Waals surface area (Å²) in [4.78, 5) is 27.2. The predicted octanol–water partition coefficient (Wildman–Crippen LogP) is 4.18. The van der Waals surface area contributed by atoms with E-state index in [9.17, 15) is 18.0 Å². The van der Waals surface area contributed by atoms with Gasteiger partial charge in [0.2, 0.25) is 11.9 Å². The van der Waals surface area contributed by atoms with E-state index in [4.69, 9.17) is 9.47 Å². The highest BCUT2D eigenvalue weighted by atomic mass is 19.4. The lowest BCUT2D eigenvalue weighted by atomic mass is 9.89. The average molecular weight is 509 g/mol. The van der Waals surface area contributed by atoms with E-state index in [1.165, 1.54) is 6.07 Å². The van der Waals surface area contributed by atoms with Gasteiger partial charge < -0.3 is 25.0 Å². The molecule has 2 aromatic heterocycles. The molecule has 0 bridgehead atoms. The van der Waals surface area contributed by atoms with E-state index in [-0.39, 0.29) is 24.2 Å². The van der Waals surface area contributed by atoms with Crippen LogP contribution in [-0.4, -0.2) is 57.8 Å². The number of amides is 1. The standard InChI is InChI=1S/C24H31F3N6O3/c1-12-18-20(33(6)19(21(34)31-18)13(2)36-23(3,4)5)32-22(29-12)30-14-9-16(10-14)35-15-7-8-17(28-11-15)24(25,26)27/h7-8,11,13-14,16,19H,9-10H2,1-6H3,(H,31,34)(H,29,30,32)/t13-,14-,16-,19?/m1/s1. The summed E-state index contributed by atoms with van der Waals surface area (Å²) in [5.41, 5.74) is -0.162. The molecule has 1 amide bonds. The zero-order valence-electron chi connectivity index (χ0n) is 21.1. The van der Waals surface area contributed by atoms with Crippen molar-refractivity contribution in [2.75, 3.05) is 22.6 Å². The van der Waals surface area contributed by atoms with Crippen molar-refractivity contribution in [2.24, 2.45) is 0 Å². The number of ether oxygens (including phenoxy) is 2. The lowest BCUT2D eigenvalue weighted by Crippen LogP contribution is -2.54. The molecule has 1 saturated carbocycles. The molecule has 3 heterocycles. The Balaban J connectivity index is 1.39. The summed E-state index contributed by atoms with van der Waals surface area (Å²) in [6, 6.07) is 1.66. The van der Waals surface area contributed by atoms with Crippen LogP contribution in [-0.2, 0) is 15.7 Å². The number of hydrogen-bond donors (Lipinski definition) is 2. The van der Waals surface area contributed by atoms with Gasteiger partial charge in [-0.3, -0.25) is 4.79 Å². The van der Waals surface area contributed by atoms with Gasteiger partial charge in [-0.05, 0) is 46.8 Å². The smallest absolute Gasteiger partial charge is 0.433 e. The van der Waals surface area contributed by atoms with Crippen LogP contribution in [0.15, 0.2) is 18.3 Å². The number of pyridine rings is 1. The third-order valence-electron chi connectivity index (χ3n) is 6.08. The number of rotatable bonds is 6. The van der Waals surface area contributed by atoms with Crippen LogP contribution in [0, 0.1) is 6.92 Å². The van der Waals surface area contributed by atoms with E-state index in [1.807, 2.05) is 39.6 Å². The third-order valence-corrected chi connectivity index (χ3v) is 6.08. The van der Waals surface area contributed by atoms with Crippen molar-refractivity contribution in [3.8, 4) is 5.75 Å². The van der Waals surface area contributed by atoms with E-state index in [0.717, 1.165) is 12.3 Å². The number of aromatic nitrogens is 3. The molecule has 0 spiro atoms. The quantitative estimate of drug-likeness (QED) is 0.599. The van der Waals surface area contributed by atoms with Gasteiger partial charge in [-0.15, -0.1) is 0 Å². The van der Waals surface area contributed by atoms with Gasteiger partial charge in [-0.2, -0.15) is 18.2 Å². The molecule has 0 saturated heterocycles. The fraction of sp³-hybridized carbons (Fsp3) is 0.583. The van der Waals surface area contributed by atoms with Crippen LogP contribution in [0.3, 0.4) is 0 Å². The number of carbonyl (C=O) groups excluding carboxylic acids is 1. The summed E-state index contributed by atoms with van der Waals surface area (Å²) in [7, 11) is 1.81. The zero-order valence-corrected chi connectivity index (χ0v) is 21.1. The average Bonchev–Trinajstić information content (AvgIpc) is 2.71. The molecule has 1 aliphatic heterocycles. The third kappa shape index (κ3) is 5.63. The minimum absolute atomic E-state index is 0.0392. The van der Waals surface area contributed by atoms with Crippen molar-refractivity contribution < 1.29 is 27.4 Å². The first-order valence-corrected chi connectivity index (χ1v) is 11.8. The molecule has 12 heteroatoms. The first-order chi connectivity index (χ1) is 16.7. The van der Waals surface area contributed by atoms with E-state index in [1.54, 1.807) is 6.92 Å². The second-order valence-corrected chi connectivity index (χ2v) is 10.2. The number of nitrogens with one attached hydrogen (secondary N) is 2. The van der Waals surface area contributed by atoms with Crippen molar-refractivity contribution in [2.45, 2.75) is 83.5 Å². The van der Waals surface area contributed by atoms with Crippen molar-refractivity contribution >= 4 is 23.4 Å². The van der Waals surface area contributed by atoms with Gasteiger partial charge in [0.1, 0.15) is 29.3 Å². The number of fused-ring (bicyclic) bond motifs is 1. The van der Waals surface area contributed by atoms with Crippen LogP contribution in [0.1, 0.15) is 51.9 Å². The minimum atomic E-state index is -4.48. The molecule has 4 rings (SSSR count). The molecule has 196 valence electrons. The Morgan fingerprint density at radius 3 is 2.47 bits per heavy atom. The molecular formula is C24H31F3N6O3. The molecule has 2 atom stereocenters. The molecule has 1 aliphatic carbocycles. The van der Waals surface area contributed by atoms with Gasteiger partial charge in [-0.1, -0.05) is 0 Å². The molecule has 2 aliphatic rings. The van der Waals surface area contributed by atoms with Gasteiger partial charge in [-0.25, -0.2) is 9.97 Å². The minimum Gasteiger partial charge on any atom is -0.489 e. The lowest BCUT2D eigenvalue weighted by Gasteiger charge is -2.40. The molecule has 0 aromatic carbocycles. The van der Waals surface area contributed by atoms with Gasteiger partial charge in [0.15, 0.2) is 5.82 Å². The second kappa shape index (κ2) is 9.38. The van der Waals surface area contributed by atoms with Gasteiger partial charge in [0, 0.05) is 25.9 Å². The maximum atomic E-state index is 12.8. The summed E-state index contributed by atoms with van der Waals surface area (Å²) in [6.45, 7) is 9.49. The number of likely N-dealkylation sites (N-methyl/N-ethyl adjacent to an activating group) is 1. The lowest BCUT2D eigenvalue weighted by molar-refractivity contribution is -0.141. The maximum absolute atomic E-state index is 12.8. The fourth-order valence-corrected chi connectivity index (χ4v) is 4.45. The van der Waals surface area contributed by atoms with Crippen molar-refractivity contribution in [3.05, 3.63) is 29.7 Å². The normalized spacial score (nSPS) is 22.9. The Morgan fingerprint density at radius 1 is 1.19 bits per heavy atom. The molecular weight excluding hydrogens is 477 g/mol. The highest BCUT2D eigenvalue weighted by Gasteiger charge is 2.39. The number of hydrogen-bond acceptors (Lipinski definition) is 8. The molecule has 2 aromatic rings. The van der Waals surface area contributed by atoms with Crippen molar-refractivity contribution in [1.82, 2.24) is 15.0 Å². The Kier molecular flexibility index (Phi) is 6.76. The van der Waals surface area contributed by atoms with Crippen molar-refractivity contribution in [1.29, 1.82) is 0 Å². The summed E-state index contributed by atoms with van der Waals surface area (Å²) in [5.74, 6) is 1.15. The van der Waals surface area contributed by atoms with Crippen LogP contribution in [0.4, 0.5) is 30.6 Å². The number of nitrogens with zero attached hydrogens (tertiary/aromatic N) is 4. The molecule has 2 N–H and O–H groups in total. The number of carbonyl (C=O) groups is 1. The Bertz CT molecular complexity index is 1110. The first-order valence-electron chi connectivity index (χ1n) is 11.8. The molecule has 1 unspecified atom stereocenters. The fourth-order valence-electron chi connectivity index (χ4n) is 4.45. The number of halogens is 3. The van der Waals surface area contributed by atoms with Gasteiger partial charge >= 0.3 is 6.18 Å². The number of alkyl halides is 3. The summed E-state index contributed by atoms with van der Waals surface area (Å²) >= 11 is 0. The molecule has 36 heavy (non-hydrogen) atoms. The molecule has 1 fully saturated rings. The number of aryl methyl sites for hydroxylation is 1. The Hall–Kier alpha value is -3.15. The van der Waals surface area contributed by atoms with E-state index < -0.39 is 23.5 Å². The van der Waals surface area contributed by atoms with Gasteiger partial charge in [0.05, 0.1) is 23.6 Å². The van der Waals surface area contributed by atoms with Crippen LogP contribution in [0.5, 0.6) is 5.75 Å². The zero-order chi connectivity index (χ0) is 26.4. The SMILES string of the molecule is Cc1nc(N[C@H]2C[C@H](Oc3ccc(C(F)(F)F)nc3)C2)nc2c1NC(=O)C([C@@H](C)OC(C)(C)C)N2C. The first kappa shape index (κ1) is 25.9. The maximum Gasteiger partial charge on any atom is 0.433 e. The molecule has 9 nitrogen and oxygen atoms in total. The molecule has 0 radical (unpaired) electrons.